The quantitative estimate of drug-likeness (QED) is 0.586. The Morgan fingerprint density at radius 2 is 2.29 bits per heavy atom. The van der Waals surface area contributed by atoms with Crippen molar-refractivity contribution in [2.24, 2.45) is 5.92 Å². The van der Waals surface area contributed by atoms with Gasteiger partial charge in [0, 0.05) is 0 Å². The third kappa shape index (κ3) is 4.47. The van der Waals surface area contributed by atoms with Gasteiger partial charge in [0.25, 0.3) is 0 Å². The fourth-order valence-corrected chi connectivity index (χ4v) is 2.38. The molecular weight excluding hydrogens is 212 g/mol. The standard InChI is InChI=1S/C15H24O2/c1-12(2)5-4-10-15(3,17)14-8-6-13(11-16)7-9-14/h5-6,11,14,17H,4,7-10H2,1-3H3/t14-,15-/m0/s1. The van der Waals surface area contributed by atoms with E-state index in [0.29, 0.717) is 0 Å². The zero-order valence-electron chi connectivity index (χ0n) is 11.2. The van der Waals surface area contributed by atoms with Crippen LogP contribution < -0.4 is 0 Å². The molecule has 96 valence electrons. The third-order valence-electron chi connectivity index (χ3n) is 3.68. The first-order chi connectivity index (χ1) is 7.95. The van der Waals surface area contributed by atoms with Crippen LogP contribution in [0, 0.1) is 5.92 Å². The van der Waals surface area contributed by atoms with Crippen molar-refractivity contribution in [2.75, 3.05) is 0 Å². The first-order valence-electron chi connectivity index (χ1n) is 6.45. The highest BCUT2D eigenvalue weighted by atomic mass is 16.3. The van der Waals surface area contributed by atoms with Gasteiger partial charge in [0.1, 0.15) is 6.29 Å². The Bertz CT molecular complexity index is 320. The lowest BCUT2D eigenvalue weighted by Crippen LogP contribution is -2.35. The van der Waals surface area contributed by atoms with Gasteiger partial charge in [-0.25, -0.2) is 0 Å². The molecule has 0 amide bonds. The van der Waals surface area contributed by atoms with E-state index in [9.17, 15) is 9.90 Å². The highest BCUT2D eigenvalue weighted by molar-refractivity contribution is 5.73. The maximum Gasteiger partial charge on any atom is 0.145 e. The van der Waals surface area contributed by atoms with Crippen LogP contribution in [-0.2, 0) is 4.79 Å². The van der Waals surface area contributed by atoms with Crippen LogP contribution >= 0.6 is 0 Å². The van der Waals surface area contributed by atoms with Crippen LogP contribution in [0.2, 0.25) is 0 Å². The van der Waals surface area contributed by atoms with Gasteiger partial charge in [-0.05, 0) is 64.4 Å². The van der Waals surface area contributed by atoms with Crippen molar-refractivity contribution in [1.29, 1.82) is 0 Å². The van der Waals surface area contributed by atoms with E-state index in [4.69, 9.17) is 0 Å². The molecule has 0 aromatic heterocycles. The maximum absolute atomic E-state index is 10.6. The molecule has 0 radical (unpaired) electrons. The summed E-state index contributed by atoms with van der Waals surface area (Å²) in [5.74, 6) is 0.289. The van der Waals surface area contributed by atoms with Gasteiger partial charge in [0.2, 0.25) is 0 Å². The minimum atomic E-state index is -0.614. The Kier molecular flexibility index (Phi) is 5.13. The number of allylic oxidation sites excluding steroid dienone is 4. The zero-order chi connectivity index (χ0) is 12.9. The fourth-order valence-electron chi connectivity index (χ4n) is 2.38. The molecule has 0 heterocycles. The van der Waals surface area contributed by atoms with Crippen LogP contribution in [0.3, 0.4) is 0 Å². The Morgan fingerprint density at radius 3 is 2.76 bits per heavy atom. The summed E-state index contributed by atoms with van der Waals surface area (Å²) in [6.45, 7) is 6.08. The molecule has 0 aromatic rings. The topological polar surface area (TPSA) is 37.3 Å². The number of aliphatic hydroxyl groups is 1. The summed E-state index contributed by atoms with van der Waals surface area (Å²) in [7, 11) is 0. The lowest BCUT2D eigenvalue weighted by Gasteiger charge is -2.34. The molecule has 0 aliphatic heterocycles. The molecule has 0 bridgehead atoms. The first kappa shape index (κ1) is 14.2. The molecule has 0 aromatic carbocycles. The molecule has 0 saturated carbocycles. The molecule has 0 saturated heterocycles. The predicted molar refractivity (Wildman–Crippen MR) is 70.8 cm³/mol. The minimum Gasteiger partial charge on any atom is -0.390 e. The largest absolute Gasteiger partial charge is 0.390 e. The van der Waals surface area contributed by atoms with Crippen molar-refractivity contribution in [2.45, 2.75) is 58.5 Å². The van der Waals surface area contributed by atoms with Crippen molar-refractivity contribution in [3.8, 4) is 0 Å². The molecular formula is C15H24O2. The Hall–Kier alpha value is -0.890. The van der Waals surface area contributed by atoms with Gasteiger partial charge in [-0.2, -0.15) is 0 Å². The van der Waals surface area contributed by atoms with Gasteiger partial charge in [-0.3, -0.25) is 4.79 Å². The molecule has 1 aliphatic rings. The van der Waals surface area contributed by atoms with Crippen LogP contribution in [0.1, 0.15) is 52.9 Å². The van der Waals surface area contributed by atoms with Gasteiger partial charge < -0.3 is 5.11 Å². The lowest BCUT2D eigenvalue weighted by molar-refractivity contribution is -0.105. The highest BCUT2D eigenvalue weighted by Crippen LogP contribution is 2.34. The second-order valence-electron chi connectivity index (χ2n) is 5.55. The SMILES string of the molecule is CC(C)=CCC[C@](C)(O)[C@H]1CC=C(C=O)CC1. The van der Waals surface area contributed by atoms with Crippen LogP contribution in [-0.4, -0.2) is 17.0 Å². The fraction of sp³-hybridized carbons (Fsp3) is 0.667. The van der Waals surface area contributed by atoms with E-state index in [-0.39, 0.29) is 5.92 Å². The minimum absolute atomic E-state index is 0.289. The van der Waals surface area contributed by atoms with E-state index >= 15 is 0 Å². The van der Waals surface area contributed by atoms with Crippen LogP contribution in [0.15, 0.2) is 23.3 Å². The van der Waals surface area contributed by atoms with Gasteiger partial charge in [-0.15, -0.1) is 0 Å². The Labute approximate surface area is 104 Å². The molecule has 2 atom stereocenters. The molecule has 1 aliphatic carbocycles. The van der Waals surface area contributed by atoms with E-state index < -0.39 is 5.60 Å². The number of carbonyl (C=O) groups is 1. The summed E-state index contributed by atoms with van der Waals surface area (Å²) >= 11 is 0. The summed E-state index contributed by atoms with van der Waals surface area (Å²) < 4.78 is 0. The van der Waals surface area contributed by atoms with E-state index in [1.165, 1.54) is 5.57 Å². The smallest absolute Gasteiger partial charge is 0.145 e. The van der Waals surface area contributed by atoms with Crippen molar-refractivity contribution >= 4 is 6.29 Å². The number of hydrogen-bond donors (Lipinski definition) is 1. The van der Waals surface area contributed by atoms with Gasteiger partial charge in [0.05, 0.1) is 5.60 Å². The summed E-state index contributed by atoms with van der Waals surface area (Å²) in [5, 5.41) is 10.5. The summed E-state index contributed by atoms with van der Waals surface area (Å²) in [6, 6.07) is 0. The Morgan fingerprint density at radius 1 is 1.59 bits per heavy atom. The second-order valence-corrected chi connectivity index (χ2v) is 5.55. The first-order valence-corrected chi connectivity index (χ1v) is 6.45. The molecule has 0 fully saturated rings. The van der Waals surface area contributed by atoms with Crippen molar-refractivity contribution < 1.29 is 9.90 Å². The van der Waals surface area contributed by atoms with Crippen molar-refractivity contribution in [3.63, 3.8) is 0 Å². The molecule has 17 heavy (non-hydrogen) atoms. The van der Waals surface area contributed by atoms with Gasteiger partial charge in [0.15, 0.2) is 0 Å². The predicted octanol–water partition coefficient (Wildman–Crippen LogP) is 3.41. The molecule has 0 spiro atoms. The molecule has 1 rings (SSSR count). The zero-order valence-corrected chi connectivity index (χ0v) is 11.2. The monoisotopic (exact) mass is 236 g/mol. The summed E-state index contributed by atoms with van der Waals surface area (Å²) in [4.78, 5) is 10.6. The number of rotatable bonds is 5. The van der Waals surface area contributed by atoms with E-state index in [1.54, 1.807) is 0 Å². The normalized spacial score (nSPS) is 23.5. The molecule has 0 unspecified atom stereocenters. The Balaban J connectivity index is 2.51. The summed E-state index contributed by atoms with van der Waals surface area (Å²) in [5.41, 5.74) is 1.57. The number of aldehydes is 1. The van der Waals surface area contributed by atoms with Crippen LogP contribution in [0.4, 0.5) is 0 Å². The van der Waals surface area contributed by atoms with Crippen LogP contribution in [0.5, 0.6) is 0 Å². The average Bonchev–Trinajstić information content (AvgIpc) is 2.28. The van der Waals surface area contributed by atoms with Gasteiger partial charge >= 0.3 is 0 Å². The van der Waals surface area contributed by atoms with E-state index in [1.807, 2.05) is 13.0 Å². The lowest BCUT2D eigenvalue weighted by atomic mass is 9.76. The van der Waals surface area contributed by atoms with Gasteiger partial charge in [-0.1, -0.05) is 17.7 Å². The third-order valence-corrected chi connectivity index (χ3v) is 3.68. The highest BCUT2D eigenvalue weighted by Gasteiger charge is 2.31. The number of hydrogen-bond acceptors (Lipinski definition) is 2. The van der Waals surface area contributed by atoms with E-state index in [2.05, 4.69) is 19.9 Å². The maximum atomic E-state index is 10.6. The van der Waals surface area contributed by atoms with E-state index in [0.717, 1.165) is 44.0 Å². The molecule has 2 heteroatoms. The molecule has 2 nitrogen and oxygen atoms in total. The average molecular weight is 236 g/mol. The summed E-state index contributed by atoms with van der Waals surface area (Å²) in [6.07, 6.45) is 9.38. The number of carbonyl (C=O) groups excluding carboxylic acids is 1. The second kappa shape index (κ2) is 6.15. The van der Waals surface area contributed by atoms with Crippen molar-refractivity contribution in [3.05, 3.63) is 23.3 Å². The van der Waals surface area contributed by atoms with Crippen molar-refractivity contribution in [1.82, 2.24) is 0 Å². The molecule has 1 N–H and O–H groups in total. The van der Waals surface area contributed by atoms with Crippen LogP contribution in [0.25, 0.3) is 0 Å².